The summed E-state index contributed by atoms with van der Waals surface area (Å²) in [5.74, 6) is -1.59. The van der Waals surface area contributed by atoms with E-state index in [4.69, 9.17) is 5.11 Å². The van der Waals surface area contributed by atoms with Crippen molar-refractivity contribution < 1.29 is 27.9 Å². The molecular formula is C26H23F3N4O3. The molecule has 2 N–H and O–H groups in total. The van der Waals surface area contributed by atoms with E-state index in [2.05, 4.69) is 15.4 Å². The Morgan fingerprint density at radius 1 is 0.972 bits per heavy atom. The highest BCUT2D eigenvalue weighted by atomic mass is 19.4. The van der Waals surface area contributed by atoms with Crippen LogP contribution in [0.25, 0.3) is 28.2 Å². The number of anilines is 1. The maximum Gasteiger partial charge on any atom is 0.417 e. The zero-order valence-corrected chi connectivity index (χ0v) is 19.9. The predicted octanol–water partition coefficient (Wildman–Crippen LogP) is 6.07. The number of aromatic nitrogens is 3. The summed E-state index contributed by atoms with van der Waals surface area (Å²) < 4.78 is 42.4. The molecule has 0 unspecified atom stereocenters. The molecule has 0 fully saturated rings. The van der Waals surface area contributed by atoms with Crippen molar-refractivity contribution in [1.29, 1.82) is 0 Å². The van der Waals surface area contributed by atoms with Gasteiger partial charge in [-0.25, -0.2) is 14.3 Å². The molecule has 0 radical (unpaired) electrons. The smallest absolute Gasteiger partial charge is 0.417 e. The second-order valence-corrected chi connectivity index (χ2v) is 9.44. The topological polar surface area (TPSA) is 96.6 Å². The van der Waals surface area contributed by atoms with Gasteiger partial charge in [-0.2, -0.15) is 18.3 Å². The third kappa shape index (κ3) is 4.93. The number of carbonyl (C=O) groups is 2. The molecule has 0 aliphatic heterocycles. The Hall–Kier alpha value is -4.21. The van der Waals surface area contributed by atoms with Crippen molar-refractivity contribution in [2.45, 2.75) is 33.9 Å². The number of imidazole rings is 1. The Labute approximate surface area is 204 Å². The van der Waals surface area contributed by atoms with Crippen molar-refractivity contribution in [3.05, 3.63) is 71.4 Å². The number of nitrogens with zero attached hydrogens (tertiary/aromatic N) is 3. The van der Waals surface area contributed by atoms with Crippen LogP contribution in [0.2, 0.25) is 0 Å². The minimum atomic E-state index is -4.77. The molecule has 4 rings (SSSR count). The first-order valence-corrected chi connectivity index (χ1v) is 11.0. The monoisotopic (exact) mass is 496 g/mol. The molecule has 0 aliphatic rings. The molecule has 0 atom stereocenters. The van der Waals surface area contributed by atoms with Gasteiger partial charge in [-0.05, 0) is 42.8 Å². The Balaban J connectivity index is 1.75. The first kappa shape index (κ1) is 24.9. The minimum absolute atomic E-state index is 0.0118. The maximum absolute atomic E-state index is 13.7. The van der Waals surface area contributed by atoms with Crippen LogP contribution in [0.5, 0.6) is 0 Å². The minimum Gasteiger partial charge on any atom is -0.478 e. The van der Waals surface area contributed by atoms with Gasteiger partial charge in [-0.1, -0.05) is 39.0 Å². The summed E-state index contributed by atoms with van der Waals surface area (Å²) >= 11 is 0. The summed E-state index contributed by atoms with van der Waals surface area (Å²) in [4.78, 5) is 28.1. The lowest BCUT2D eigenvalue weighted by molar-refractivity contribution is -0.137. The zero-order chi connectivity index (χ0) is 26.4. The average molecular weight is 496 g/mol. The number of benzene rings is 2. The molecule has 2 aromatic carbocycles. The second-order valence-electron chi connectivity index (χ2n) is 9.44. The van der Waals surface area contributed by atoms with Crippen LogP contribution in [-0.2, 0) is 11.0 Å². The summed E-state index contributed by atoms with van der Waals surface area (Å²) in [5, 5.41) is 16.3. The maximum atomic E-state index is 13.7. The van der Waals surface area contributed by atoms with E-state index in [-0.39, 0.29) is 17.2 Å². The lowest BCUT2D eigenvalue weighted by Gasteiger charge is -2.19. The highest BCUT2D eigenvalue weighted by molar-refractivity contribution is 5.95. The van der Waals surface area contributed by atoms with Gasteiger partial charge in [0.2, 0.25) is 5.91 Å². The van der Waals surface area contributed by atoms with Crippen LogP contribution in [0.3, 0.4) is 0 Å². The predicted molar refractivity (Wildman–Crippen MR) is 129 cm³/mol. The van der Waals surface area contributed by atoms with Crippen LogP contribution in [0.15, 0.2) is 54.7 Å². The van der Waals surface area contributed by atoms with Crippen molar-refractivity contribution in [2.24, 2.45) is 5.41 Å². The molecule has 10 heteroatoms. The normalized spacial score (nSPS) is 12.1. The van der Waals surface area contributed by atoms with E-state index in [1.54, 1.807) is 12.3 Å². The number of hydrogen-bond acceptors (Lipinski definition) is 4. The number of fused-ring (bicyclic) bond motifs is 1. The number of alkyl halides is 3. The van der Waals surface area contributed by atoms with Crippen molar-refractivity contribution in [1.82, 2.24) is 14.6 Å². The van der Waals surface area contributed by atoms with Crippen molar-refractivity contribution in [3.8, 4) is 22.5 Å². The molecule has 2 heterocycles. The number of carboxylic acid groups (broad SMARTS) is 1. The largest absolute Gasteiger partial charge is 0.478 e. The van der Waals surface area contributed by atoms with Gasteiger partial charge in [-0.3, -0.25) is 4.79 Å². The molecular weight excluding hydrogens is 473 g/mol. The third-order valence-electron chi connectivity index (χ3n) is 5.63. The molecule has 1 amide bonds. The summed E-state index contributed by atoms with van der Waals surface area (Å²) in [6.45, 7) is 7.30. The number of carbonyl (C=O) groups excluding carboxylic acids is 1. The van der Waals surface area contributed by atoms with Gasteiger partial charge in [0.25, 0.3) is 0 Å². The third-order valence-corrected chi connectivity index (χ3v) is 5.63. The molecule has 0 saturated carbocycles. The molecule has 0 aliphatic carbocycles. The van der Waals surface area contributed by atoms with E-state index < -0.39 is 28.7 Å². The Bertz CT molecular complexity index is 1500. The molecule has 0 saturated heterocycles. The molecule has 0 spiro atoms. The van der Waals surface area contributed by atoms with Gasteiger partial charge in [0.15, 0.2) is 5.65 Å². The van der Waals surface area contributed by atoms with Crippen LogP contribution < -0.4 is 5.32 Å². The first-order chi connectivity index (χ1) is 16.7. The zero-order valence-electron chi connectivity index (χ0n) is 19.9. The molecule has 2 aromatic heterocycles. The van der Waals surface area contributed by atoms with E-state index in [1.165, 1.54) is 16.6 Å². The summed E-state index contributed by atoms with van der Waals surface area (Å²) in [6, 6.07) is 11.2. The number of halogens is 3. The highest BCUT2D eigenvalue weighted by Gasteiger charge is 2.35. The van der Waals surface area contributed by atoms with Gasteiger partial charge in [0.05, 0.1) is 28.7 Å². The van der Waals surface area contributed by atoms with Gasteiger partial charge < -0.3 is 10.4 Å². The second kappa shape index (κ2) is 8.78. The lowest BCUT2D eigenvalue weighted by Crippen LogP contribution is -2.27. The average Bonchev–Trinajstić information content (AvgIpc) is 3.22. The Morgan fingerprint density at radius 2 is 1.69 bits per heavy atom. The number of hydrogen-bond donors (Lipinski definition) is 2. The number of amides is 1. The van der Waals surface area contributed by atoms with E-state index >= 15 is 0 Å². The van der Waals surface area contributed by atoms with E-state index in [0.29, 0.717) is 28.7 Å². The quantitative estimate of drug-likeness (QED) is 0.357. The standard InChI is InChI=1S/C26H23F3N4O3/c1-14-5-6-15(12-20(14)31-24(36)25(2,3)4)21-13-33-22(30-21)10-9-19(32-33)17-8-7-16(23(34)35)11-18(17)26(27,28)29/h5-13H,1-4H3,(H,31,36)(H,34,35). The van der Waals surface area contributed by atoms with Crippen molar-refractivity contribution in [2.75, 3.05) is 5.32 Å². The van der Waals surface area contributed by atoms with E-state index in [9.17, 15) is 22.8 Å². The van der Waals surface area contributed by atoms with Crippen molar-refractivity contribution >= 4 is 23.2 Å². The molecule has 4 aromatic rings. The Morgan fingerprint density at radius 3 is 2.33 bits per heavy atom. The van der Waals surface area contributed by atoms with Crippen LogP contribution >= 0.6 is 0 Å². The van der Waals surface area contributed by atoms with Gasteiger partial charge in [0, 0.05) is 22.2 Å². The molecule has 0 bridgehead atoms. The number of nitrogens with one attached hydrogen (secondary N) is 1. The number of carboxylic acids is 1. The highest BCUT2D eigenvalue weighted by Crippen LogP contribution is 2.37. The van der Waals surface area contributed by atoms with E-state index in [0.717, 1.165) is 17.7 Å². The van der Waals surface area contributed by atoms with Crippen LogP contribution in [0, 0.1) is 12.3 Å². The van der Waals surface area contributed by atoms with Gasteiger partial charge in [0.1, 0.15) is 0 Å². The first-order valence-electron chi connectivity index (χ1n) is 11.0. The summed E-state index contributed by atoms with van der Waals surface area (Å²) in [7, 11) is 0. The van der Waals surface area contributed by atoms with Crippen LogP contribution in [0.4, 0.5) is 18.9 Å². The van der Waals surface area contributed by atoms with Crippen LogP contribution in [-0.4, -0.2) is 31.6 Å². The van der Waals surface area contributed by atoms with E-state index in [1.807, 2.05) is 39.8 Å². The molecule has 7 nitrogen and oxygen atoms in total. The summed E-state index contributed by atoms with van der Waals surface area (Å²) in [5.41, 5.74) is 0.746. The number of rotatable bonds is 4. The fourth-order valence-corrected chi connectivity index (χ4v) is 3.53. The number of aromatic carboxylic acids is 1. The Kier molecular flexibility index (Phi) is 6.07. The lowest BCUT2D eigenvalue weighted by atomic mass is 9.95. The molecule has 36 heavy (non-hydrogen) atoms. The summed E-state index contributed by atoms with van der Waals surface area (Å²) in [6.07, 6.45) is -3.19. The van der Waals surface area contributed by atoms with Gasteiger partial charge in [-0.15, -0.1) is 0 Å². The van der Waals surface area contributed by atoms with Gasteiger partial charge >= 0.3 is 12.1 Å². The number of aryl methyl sites for hydroxylation is 1. The fourth-order valence-electron chi connectivity index (χ4n) is 3.53. The van der Waals surface area contributed by atoms with Crippen molar-refractivity contribution in [3.63, 3.8) is 0 Å². The molecule has 186 valence electrons. The van der Waals surface area contributed by atoms with Crippen LogP contribution in [0.1, 0.15) is 42.3 Å². The fraction of sp³-hybridized carbons (Fsp3) is 0.231. The SMILES string of the molecule is Cc1ccc(-c2cn3nc(-c4ccc(C(=O)O)cc4C(F)(F)F)ccc3n2)cc1NC(=O)C(C)(C)C.